The number of rotatable bonds is 14. The van der Waals surface area contributed by atoms with Crippen LogP contribution in [0, 0.1) is 0 Å². The molecule has 29 heavy (non-hydrogen) atoms. The van der Waals surface area contributed by atoms with E-state index in [-0.39, 0.29) is 11.9 Å². The zero-order chi connectivity index (χ0) is 20.7. The quantitative estimate of drug-likeness (QED) is 0.204. The predicted octanol–water partition coefficient (Wildman–Crippen LogP) is 6.60. The van der Waals surface area contributed by atoms with Gasteiger partial charge in [0.1, 0.15) is 5.75 Å². The van der Waals surface area contributed by atoms with Crippen LogP contribution in [0.15, 0.2) is 42.5 Å². The van der Waals surface area contributed by atoms with E-state index in [9.17, 15) is 9.59 Å². The maximum absolute atomic E-state index is 12.0. The van der Waals surface area contributed by atoms with E-state index >= 15 is 0 Å². The van der Waals surface area contributed by atoms with Crippen molar-refractivity contribution in [3.05, 3.63) is 42.5 Å². The highest BCUT2D eigenvalue weighted by Gasteiger charge is 2.06. The maximum Gasteiger partial charge on any atom is 0.311 e. The molecule has 0 spiro atoms. The normalized spacial score (nSPS) is 10.8. The molecule has 0 radical (unpaired) electrons. The number of ether oxygens (including phenoxy) is 2. The van der Waals surface area contributed by atoms with Crippen LogP contribution < -0.4 is 4.74 Å². The van der Waals surface area contributed by atoms with Crippen molar-refractivity contribution in [1.82, 2.24) is 0 Å². The van der Waals surface area contributed by atoms with Gasteiger partial charge in [0.2, 0.25) is 0 Å². The van der Waals surface area contributed by atoms with Gasteiger partial charge in [0.15, 0.2) is 0 Å². The van der Waals surface area contributed by atoms with Crippen LogP contribution in [0.4, 0.5) is 0 Å². The number of benzene rings is 2. The van der Waals surface area contributed by atoms with E-state index in [4.69, 9.17) is 9.47 Å². The van der Waals surface area contributed by atoms with Gasteiger partial charge in [0.25, 0.3) is 0 Å². The summed E-state index contributed by atoms with van der Waals surface area (Å²) in [6.07, 6.45) is 10.1. The molecule has 0 fully saturated rings. The molecule has 2 aromatic rings. The van der Waals surface area contributed by atoms with Crippen molar-refractivity contribution in [3.63, 3.8) is 0 Å². The summed E-state index contributed by atoms with van der Waals surface area (Å²) < 4.78 is 10.6. The molecule has 0 aliphatic heterocycles. The van der Waals surface area contributed by atoms with Gasteiger partial charge < -0.3 is 9.47 Å². The molecule has 0 N–H and O–H groups in total. The Bertz CT molecular complexity index is 753. The van der Waals surface area contributed by atoms with E-state index in [2.05, 4.69) is 6.92 Å². The first-order valence-electron chi connectivity index (χ1n) is 11.0. The Kier molecular flexibility index (Phi) is 10.9. The van der Waals surface area contributed by atoms with Gasteiger partial charge in [-0.25, -0.2) is 0 Å². The van der Waals surface area contributed by atoms with Crippen LogP contribution in [0.2, 0.25) is 0 Å². The molecule has 0 atom stereocenters. The number of hydrogen-bond donors (Lipinski definition) is 0. The molecule has 0 bridgehead atoms. The van der Waals surface area contributed by atoms with Crippen molar-refractivity contribution < 1.29 is 19.1 Å². The summed E-state index contributed by atoms with van der Waals surface area (Å²) in [5.41, 5.74) is 0. The zero-order valence-electron chi connectivity index (χ0n) is 17.7. The molecule has 158 valence electrons. The van der Waals surface area contributed by atoms with Crippen LogP contribution in [-0.2, 0) is 14.3 Å². The van der Waals surface area contributed by atoms with Crippen molar-refractivity contribution in [2.45, 2.75) is 77.6 Å². The number of unbranched alkanes of at least 4 members (excludes halogenated alkanes) is 7. The van der Waals surface area contributed by atoms with E-state index in [1.807, 2.05) is 42.5 Å². The average molecular weight is 399 g/mol. The lowest BCUT2D eigenvalue weighted by molar-refractivity contribution is -0.144. The standard InChI is InChI=1S/C25H34O4/c1-2-3-12-19-28-24(26)15-8-6-4-5-7-9-16-25(27)29-23-18-17-21-13-10-11-14-22(21)20-23/h10-11,13-14,17-18,20H,2-9,12,15-16,19H2,1H3. The molecule has 2 aromatic carbocycles. The highest BCUT2D eigenvalue weighted by atomic mass is 16.5. The van der Waals surface area contributed by atoms with Crippen molar-refractivity contribution >= 4 is 22.7 Å². The second kappa shape index (κ2) is 13.8. The molecule has 0 aliphatic rings. The first kappa shape index (κ1) is 22.9. The fourth-order valence-electron chi connectivity index (χ4n) is 3.27. The Morgan fingerprint density at radius 1 is 0.724 bits per heavy atom. The third-order valence-electron chi connectivity index (χ3n) is 4.98. The lowest BCUT2D eigenvalue weighted by atomic mass is 10.1. The van der Waals surface area contributed by atoms with Crippen LogP contribution in [0.3, 0.4) is 0 Å². The minimum absolute atomic E-state index is 0.0717. The minimum atomic E-state index is -0.175. The Hall–Kier alpha value is -2.36. The van der Waals surface area contributed by atoms with Crippen molar-refractivity contribution in [2.24, 2.45) is 0 Å². The fourth-order valence-corrected chi connectivity index (χ4v) is 3.27. The molecule has 0 saturated carbocycles. The highest BCUT2D eigenvalue weighted by Crippen LogP contribution is 2.21. The average Bonchev–Trinajstić information content (AvgIpc) is 2.73. The van der Waals surface area contributed by atoms with Crippen molar-refractivity contribution in [2.75, 3.05) is 6.61 Å². The Labute approximate surface area is 174 Å². The molecule has 0 saturated heterocycles. The van der Waals surface area contributed by atoms with E-state index < -0.39 is 0 Å². The van der Waals surface area contributed by atoms with Gasteiger partial charge in [0, 0.05) is 12.8 Å². The fraction of sp³-hybridized carbons (Fsp3) is 0.520. The van der Waals surface area contributed by atoms with E-state index in [0.717, 1.165) is 68.6 Å². The summed E-state index contributed by atoms with van der Waals surface area (Å²) in [6, 6.07) is 13.7. The predicted molar refractivity (Wildman–Crippen MR) is 117 cm³/mol. The van der Waals surface area contributed by atoms with Gasteiger partial charge in [-0.15, -0.1) is 0 Å². The third-order valence-corrected chi connectivity index (χ3v) is 4.98. The second-order valence-electron chi connectivity index (χ2n) is 7.53. The summed E-state index contributed by atoms with van der Waals surface area (Å²) in [6.45, 7) is 2.69. The SMILES string of the molecule is CCCCCOC(=O)CCCCCCCCC(=O)Oc1ccc2ccccc2c1. The summed E-state index contributed by atoms with van der Waals surface area (Å²) >= 11 is 0. The maximum atomic E-state index is 12.0. The van der Waals surface area contributed by atoms with Crippen LogP contribution in [0.5, 0.6) is 5.75 Å². The van der Waals surface area contributed by atoms with Gasteiger partial charge in [-0.1, -0.05) is 75.8 Å². The topological polar surface area (TPSA) is 52.6 Å². The number of esters is 2. The van der Waals surface area contributed by atoms with Crippen molar-refractivity contribution in [1.29, 1.82) is 0 Å². The lowest BCUT2D eigenvalue weighted by Gasteiger charge is -2.06. The van der Waals surface area contributed by atoms with Crippen LogP contribution in [-0.4, -0.2) is 18.5 Å². The summed E-state index contributed by atoms with van der Waals surface area (Å²) in [7, 11) is 0. The zero-order valence-corrected chi connectivity index (χ0v) is 17.7. The first-order chi connectivity index (χ1) is 14.2. The molecule has 0 heterocycles. The largest absolute Gasteiger partial charge is 0.466 e. The third kappa shape index (κ3) is 9.60. The smallest absolute Gasteiger partial charge is 0.311 e. The van der Waals surface area contributed by atoms with E-state index in [0.29, 0.717) is 25.2 Å². The summed E-state index contributed by atoms with van der Waals surface area (Å²) in [5.74, 6) is 0.360. The van der Waals surface area contributed by atoms with Crippen molar-refractivity contribution in [3.8, 4) is 5.75 Å². The number of hydrogen-bond acceptors (Lipinski definition) is 4. The van der Waals surface area contributed by atoms with Crippen LogP contribution in [0.1, 0.15) is 77.6 Å². The number of fused-ring (bicyclic) bond motifs is 1. The number of carbonyl (C=O) groups is 2. The van der Waals surface area contributed by atoms with E-state index in [1.54, 1.807) is 0 Å². The van der Waals surface area contributed by atoms with Gasteiger partial charge in [-0.05, 0) is 42.2 Å². The molecule has 2 rings (SSSR count). The van der Waals surface area contributed by atoms with E-state index in [1.165, 1.54) is 0 Å². The molecule has 4 heteroatoms. The van der Waals surface area contributed by atoms with Gasteiger partial charge >= 0.3 is 11.9 Å². The van der Waals surface area contributed by atoms with Gasteiger partial charge in [-0.3, -0.25) is 9.59 Å². The van der Waals surface area contributed by atoms with Gasteiger partial charge in [0.05, 0.1) is 6.61 Å². The molecule has 0 amide bonds. The molecule has 0 aliphatic carbocycles. The van der Waals surface area contributed by atoms with Gasteiger partial charge in [-0.2, -0.15) is 0 Å². The summed E-state index contributed by atoms with van der Waals surface area (Å²) in [4.78, 5) is 23.6. The molecular formula is C25H34O4. The molecule has 0 unspecified atom stereocenters. The Morgan fingerprint density at radius 2 is 1.38 bits per heavy atom. The molecular weight excluding hydrogens is 364 g/mol. The van der Waals surface area contributed by atoms with Crippen LogP contribution in [0.25, 0.3) is 10.8 Å². The second-order valence-corrected chi connectivity index (χ2v) is 7.53. The first-order valence-corrected chi connectivity index (χ1v) is 11.0. The number of carbonyl (C=O) groups excluding carboxylic acids is 2. The highest BCUT2D eigenvalue weighted by molar-refractivity contribution is 5.84. The molecule has 0 aromatic heterocycles. The van der Waals surface area contributed by atoms with Crippen LogP contribution >= 0.6 is 0 Å². The minimum Gasteiger partial charge on any atom is -0.466 e. The Balaban J connectivity index is 1.47. The lowest BCUT2D eigenvalue weighted by Crippen LogP contribution is -2.07. The monoisotopic (exact) mass is 398 g/mol. The summed E-state index contributed by atoms with van der Waals surface area (Å²) in [5, 5.41) is 2.21. The Morgan fingerprint density at radius 3 is 2.10 bits per heavy atom. The molecule has 4 nitrogen and oxygen atoms in total.